The van der Waals surface area contributed by atoms with Crippen LogP contribution in [0.4, 0.5) is 0 Å². The van der Waals surface area contributed by atoms with Gasteiger partial charge in [0.15, 0.2) is 0 Å². The molecule has 0 spiro atoms. The lowest BCUT2D eigenvalue weighted by Gasteiger charge is -2.21. The van der Waals surface area contributed by atoms with E-state index in [1.165, 1.54) is 22.2 Å². The smallest absolute Gasteiger partial charge is 0.263 e. The molecular formula is C20H23N3O2S. The fraction of sp³-hybridized carbons (Fsp3) is 0.350. The molecule has 136 valence electrons. The minimum absolute atomic E-state index is 0.0336. The largest absolute Gasteiger partial charge is 0.341 e. The Kier molecular flexibility index (Phi) is 5.83. The molecule has 0 aliphatic carbocycles. The standard InChI is InChI=1S/C20H23N3O2S/c1-3-10-22(11-4-2)17(24)12-23-14-21-19-18(20(23)25)16(13-26-19)15-8-6-5-7-9-15/h5-9,13-14H,3-4,10-12H2,1-2H3. The maximum atomic E-state index is 13.0. The van der Waals surface area contributed by atoms with Crippen LogP contribution < -0.4 is 5.56 Å². The van der Waals surface area contributed by atoms with Crippen LogP contribution in [0.5, 0.6) is 0 Å². The topological polar surface area (TPSA) is 55.2 Å². The molecule has 0 fully saturated rings. The molecule has 0 N–H and O–H groups in total. The van der Waals surface area contributed by atoms with Crippen LogP contribution in [0.15, 0.2) is 46.8 Å². The number of hydrogen-bond acceptors (Lipinski definition) is 4. The monoisotopic (exact) mass is 369 g/mol. The summed E-state index contributed by atoms with van der Waals surface area (Å²) in [6.45, 7) is 5.56. The summed E-state index contributed by atoms with van der Waals surface area (Å²) in [5, 5.41) is 2.55. The summed E-state index contributed by atoms with van der Waals surface area (Å²) in [5.74, 6) is -0.0339. The Morgan fingerprint density at radius 2 is 1.85 bits per heavy atom. The predicted octanol–water partition coefficient (Wildman–Crippen LogP) is 3.77. The summed E-state index contributed by atoms with van der Waals surface area (Å²) in [6.07, 6.45) is 3.30. The van der Waals surface area contributed by atoms with Crippen molar-refractivity contribution < 1.29 is 4.79 Å². The SMILES string of the molecule is CCCN(CCC)C(=O)Cn1cnc2scc(-c3ccccc3)c2c1=O. The molecule has 3 rings (SSSR count). The number of amides is 1. The maximum Gasteiger partial charge on any atom is 0.263 e. The number of aromatic nitrogens is 2. The fourth-order valence-electron chi connectivity index (χ4n) is 3.06. The first-order chi connectivity index (χ1) is 12.7. The second-order valence-electron chi connectivity index (χ2n) is 6.25. The van der Waals surface area contributed by atoms with Gasteiger partial charge in [-0.25, -0.2) is 4.98 Å². The molecule has 3 aromatic rings. The first kappa shape index (κ1) is 18.3. The molecule has 0 atom stereocenters. The van der Waals surface area contributed by atoms with Gasteiger partial charge >= 0.3 is 0 Å². The number of thiophene rings is 1. The van der Waals surface area contributed by atoms with Crippen molar-refractivity contribution in [2.75, 3.05) is 13.1 Å². The van der Waals surface area contributed by atoms with E-state index >= 15 is 0 Å². The van der Waals surface area contributed by atoms with Gasteiger partial charge in [0.2, 0.25) is 5.91 Å². The minimum atomic E-state index is -0.156. The molecule has 0 saturated carbocycles. The quantitative estimate of drug-likeness (QED) is 0.637. The van der Waals surface area contributed by atoms with Crippen LogP contribution in [0.25, 0.3) is 21.3 Å². The van der Waals surface area contributed by atoms with Gasteiger partial charge in [-0.2, -0.15) is 0 Å². The Bertz CT molecular complexity index is 941. The van der Waals surface area contributed by atoms with E-state index in [-0.39, 0.29) is 18.0 Å². The minimum Gasteiger partial charge on any atom is -0.341 e. The van der Waals surface area contributed by atoms with Crippen molar-refractivity contribution in [2.45, 2.75) is 33.2 Å². The van der Waals surface area contributed by atoms with Gasteiger partial charge in [-0.3, -0.25) is 14.2 Å². The second-order valence-corrected chi connectivity index (χ2v) is 7.11. The Balaban J connectivity index is 1.97. The van der Waals surface area contributed by atoms with Gasteiger partial charge in [-0.05, 0) is 18.4 Å². The highest BCUT2D eigenvalue weighted by atomic mass is 32.1. The van der Waals surface area contributed by atoms with Gasteiger partial charge in [0, 0.05) is 24.0 Å². The predicted molar refractivity (Wildman–Crippen MR) is 106 cm³/mol. The average Bonchev–Trinajstić information content (AvgIpc) is 3.09. The summed E-state index contributed by atoms with van der Waals surface area (Å²) in [4.78, 5) is 32.6. The molecule has 0 unspecified atom stereocenters. The third kappa shape index (κ3) is 3.70. The van der Waals surface area contributed by atoms with Crippen molar-refractivity contribution >= 4 is 27.5 Å². The third-order valence-corrected chi connectivity index (χ3v) is 5.18. The zero-order valence-electron chi connectivity index (χ0n) is 15.1. The Labute approximate surface area is 156 Å². The van der Waals surface area contributed by atoms with Crippen LogP contribution in [0.1, 0.15) is 26.7 Å². The van der Waals surface area contributed by atoms with Crippen LogP contribution in [0, 0.1) is 0 Å². The Morgan fingerprint density at radius 3 is 2.50 bits per heavy atom. The van der Waals surface area contributed by atoms with Crippen LogP contribution in [0.3, 0.4) is 0 Å². The highest BCUT2D eigenvalue weighted by molar-refractivity contribution is 7.17. The number of nitrogens with zero attached hydrogens (tertiary/aromatic N) is 3. The van der Waals surface area contributed by atoms with E-state index in [1.54, 1.807) is 0 Å². The molecule has 2 aromatic heterocycles. The van der Waals surface area contributed by atoms with Crippen molar-refractivity contribution in [1.82, 2.24) is 14.5 Å². The highest BCUT2D eigenvalue weighted by Crippen LogP contribution is 2.30. The summed E-state index contributed by atoms with van der Waals surface area (Å²) >= 11 is 1.45. The lowest BCUT2D eigenvalue weighted by molar-refractivity contribution is -0.132. The molecule has 0 aliphatic heterocycles. The van der Waals surface area contributed by atoms with Crippen molar-refractivity contribution in [3.05, 3.63) is 52.4 Å². The molecule has 2 heterocycles. The molecule has 0 radical (unpaired) electrons. The number of carbonyl (C=O) groups is 1. The Hall–Kier alpha value is -2.47. The molecule has 5 nitrogen and oxygen atoms in total. The van der Waals surface area contributed by atoms with E-state index in [9.17, 15) is 9.59 Å². The van der Waals surface area contributed by atoms with Crippen molar-refractivity contribution in [1.29, 1.82) is 0 Å². The van der Waals surface area contributed by atoms with Crippen LogP contribution in [0.2, 0.25) is 0 Å². The molecule has 0 bridgehead atoms. The molecule has 0 saturated heterocycles. The summed E-state index contributed by atoms with van der Waals surface area (Å²) in [5.41, 5.74) is 1.71. The Morgan fingerprint density at radius 1 is 1.15 bits per heavy atom. The van der Waals surface area contributed by atoms with Gasteiger partial charge in [0.1, 0.15) is 11.4 Å². The third-order valence-electron chi connectivity index (χ3n) is 4.29. The van der Waals surface area contributed by atoms with Gasteiger partial charge in [-0.1, -0.05) is 44.2 Å². The zero-order chi connectivity index (χ0) is 18.5. The van der Waals surface area contributed by atoms with Crippen molar-refractivity contribution in [3.63, 3.8) is 0 Å². The molecule has 26 heavy (non-hydrogen) atoms. The molecule has 1 amide bonds. The number of carbonyl (C=O) groups excluding carboxylic acids is 1. The first-order valence-corrected chi connectivity index (χ1v) is 9.83. The molecule has 1 aromatic carbocycles. The molecule has 0 aliphatic rings. The van der Waals surface area contributed by atoms with E-state index in [2.05, 4.69) is 4.98 Å². The second kappa shape index (κ2) is 8.27. The van der Waals surface area contributed by atoms with Crippen molar-refractivity contribution in [2.24, 2.45) is 0 Å². The molecular weight excluding hydrogens is 346 g/mol. The number of benzene rings is 1. The zero-order valence-corrected chi connectivity index (χ0v) is 16.0. The van der Waals surface area contributed by atoms with E-state index in [1.807, 2.05) is 54.5 Å². The number of fused-ring (bicyclic) bond motifs is 1. The van der Waals surface area contributed by atoms with Crippen LogP contribution in [-0.4, -0.2) is 33.4 Å². The summed E-state index contributed by atoms with van der Waals surface area (Å²) < 4.78 is 1.43. The maximum absolute atomic E-state index is 13.0. The molecule has 6 heteroatoms. The van der Waals surface area contributed by atoms with Crippen LogP contribution in [-0.2, 0) is 11.3 Å². The van der Waals surface area contributed by atoms with Gasteiger partial charge in [0.05, 0.1) is 11.7 Å². The van der Waals surface area contributed by atoms with E-state index in [0.29, 0.717) is 23.3 Å². The van der Waals surface area contributed by atoms with Gasteiger partial charge in [-0.15, -0.1) is 11.3 Å². The van der Waals surface area contributed by atoms with E-state index in [0.717, 1.165) is 24.0 Å². The summed E-state index contributed by atoms with van der Waals surface area (Å²) in [6, 6.07) is 9.81. The highest BCUT2D eigenvalue weighted by Gasteiger charge is 2.17. The van der Waals surface area contributed by atoms with E-state index < -0.39 is 0 Å². The number of rotatable bonds is 7. The summed E-state index contributed by atoms with van der Waals surface area (Å²) in [7, 11) is 0. The fourth-order valence-corrected chi connectivity index (χ4v) is 3.96. The lowest BCUT2D eigenvalue weighted by Crippen LogP contribution is -2.37. The van der Waals surface area contributed by atoms with E-state index in [4.69, 9.17) is 0 Å². The van der Waals surface area contributed by atoms with Crippen molar-refractivity contribution in [3.8, 4) is 11.1 Å². The lowest BCUT2D eigenvalue weighted by atomic mass is 10.1. The first-order valence-electron chi connectivity index (χ1n) is 8.95. The van der Waals surface area contributed by atoms with Crippen LogP contribution >= 0.6 is 11.3 Å². The average molecular weight is 369 g/mol. The normalized spacial score (nSPS) is 11.0. The van der Waals surface area contributed by atoms with Gasteiger partial charge in [0.25, 0.3) is 5.56 Å². The number of hydrogen-bond donors (Lipinski definition) is 0. The van der Waals surface area contributed by atoms with Gasteiger partial charge < -0.3 is 4.90 Å².